The third kappa shape index (κ3) is 3.33. The van der Waals surface area contributed by atoms with E-state index >= 15 is 0 Å². The highest BCUT2D eigenvalue weighted by Gasteiger charge is 2.42. The van der Waals surface area contributed by atoms with Crippen LogP contribution < -0.4 is 5.32 Å². The number of anilines is 1. The molecule has 0 radical (unpaired) electrons. The van der Waals surface area contributed by atoms with Crippen LogP contribution in [0.3, 0.4) is 0 Å². The fourth-order valence-corrected chi connectivity index (χ4v) is 5.41. The normalized spacial score (nSPS) is 17.4. The molecule has 1 heterocycles. The Hall–Kier alpha value is -2.34. The summed E-state index contributed by atoms with van der Waals surface area (Å²) in [5.41, 5.74) is 1.26. The molecule has 2 aromatic rings. The summed E-state index contributed by atoms with van der Waals surface area (Å²) in [7, 11) is 0. The third-order valence-electron chi connectivity index (χ3n) is 4.77. The monoisotopic (exact) mass is 373 g/mol. The molecule has 0 aliphatic heterocycles. The Bertz CT molecular complexity index is 878. The third-order valence-corrected chi connectivity index (χ3v) is 6.28. The number of amides is 1. The van der Waals surface area contributed by atoms with Crippen molar-refractivity contribution in [1.82, 2.24) is 0 Å². The van der Waals surface area contributed by atoms with Gasteiger partial charge in [0.1, 0.15) is 10.8 Å². The summed E-state index contributed by atoms with van der Waals surface area (Å²) in [5.74, 6) is -1.33. The van der Waals surface area contributed by atoms with Gasteiger partial charge in [-0.05, 0) is 53.5 Å². The first-order valence-corrected chi connectivity index (χ1v) is 9.32. The van der Waals surface area contributed by atoms with Gasteiger partial charge in [-0.1, -0.05) is 27.7 Å². The number of aromatic hydroxyl groups is 1. The van der Waals surface area contributed by atoms with Gasteiger partial charge in [0.25, 0.3) is 5.91 Å². The minimum atomic E-state index is -1.02. The Balaban J connectivity index is 2.03. The van der Waals surface area contributed by atoms with Crippen LogP contribution in [-0.4, -0.2) is 22.1 Å². The zero-order valence-corrected chi connectivity index (χ0v) is 16.2. The molecule has 3 rings (SSSR count). The smallest absolute Gasteiger partial charge is 0.339 e. The summed E-state index contributed by atoms with van der Waals surface area (Å²) < 4.78 is 0. The first-order valence-electron chi connectivity index (χ1n) is 8.50. The maximum atomic E-state index is 12.5. The molecular weight excluding hydrogens is 350 g/mol. The number of benzene rings is 1. The Morgan fingerprint density at radius 2 is 1.73 bits per heavy atom. The number of carboxylic acid groups (broad SMARTS) is 1. The highest BCUT2D eigenvalue weighted by molar-refractivity contribution is 7.17. The molecule has 0 saturated carbocycles. The number of hydrogen-bond donors (Lipinski definition) is 3. The van der Waals surface area contributed by atoms with Gasteiger partial charge in [0.15, 0.2) is 0 Å². The Kier molecular flexibility index (Phi) is 4.35. The molecule has 1 aromatic carbocycles. The van der Waals surface area contributed by atoms with E-state index in [9.17, 15) is 19.8 Å². The van der Waals surface area contributed by atoms with E-state index in [2.05, 4.69) is 33.0 Å². The van der Waals surface area contributed by atoms with Crippen LogP contribution in [0.5, 0.6) is 5.75 Å². The van der Waals surface area contributed by atoms with E-state index in [-0.39, 0.29) is 28.1 Å². The molecule has 138 valence electrons. The molecule has 5 nitrogen and oxygen atoms in total. The molecule has 0 saturated heterocycles. The second-order valence-corrected chi connectivity index (χ2v) is 9.34. The number of thiophene rings is 1. The number of phenols is 1. The van der Waals surface area contributed by atoms with Crippen LogP contribution in [0.2, 0.25) is 0 Å². The van der Waals surface area contributed by atoms with Crippen molar-refractivity contribution in [1.29, 1.82) is 0 Å². The lowest BCUT2D eigenvalue weighted by Gasteiger charge is -2.40. The lowest BCUT2D eigenvalue weighted by Crippen LogP contribution is -2.34. The van der Waals surface area contributed by atoms with E-state index in [0.717, 1.165) is 16.9 Å². The molecule has 26 heavy (non-hydrogen) atoms. The van der Waals surface area contributed by atoms with Crippen LogP contribution in [0.4, 0.5) is 5.00 Å². The highest BCUT2D eigenvalue weighted by atomic mass is 32.1. The number of carboxylic acids is 1. The number of carbonyl (C=O) groups excluding carboxylic acids is 1. The van der Waals surface area contributed by atoms with Crippen LogP contribution >= 0.6 is 11.3 Å². The molecule has 0 atom stereocenters. The van der Waals surface area contributed by atoms with Gasteiger partial charge in [-0.3, -0.25) is 4.79 Å². The van der Waals surface area contributed by atoms with Crippen molar-refractivity contribution >= 4 is 28.2 Å². The molecule has 0 bridgehead atoms. The lowest BCUT2D eigenvalue weighted by atomic mass is 9.65. The van der Waals surface area contributed by atoms with E-state index in [4.69, 9.17) is 0 Å². The second kappa shape index (κ2) is 6.13. The van der Waals surface area contributed by atoms with Crippen molar-refractivity contribution in [3.8, 4) is 5.75 Å². The summed E-state index contributed by atoms with van der Waals surface area (Å²) in [6, 6.07) is 5.87. The summed E-state index contributed by atoms with van der Waals surface area (Å²) in [6.45, 7) is 8.55. The molecule has 1 amide bonds. The first-order chi connectivity index (χ1) is 12.0. The van der Waals surface area contributed by atoms with E-state index in [1.54, 1.807) is 0 Å². The van der Waals surface area contributed by atoms with Gasteiger partial charge in [0.05, 0.1) is 5.56 Å². The van der Waals surface area contributed by atoms with Gasteiger partial charge < -0.3 is 15.5 Å². The quantitative estimate of drug-likeness (QED) is 0.731. The number of hydrogen-bond acceptors (Lipinski definition) is 4. The van der Waals surface area contributed by atoms with E-state index < -0.39 is 5.97 Å². The Morgan fingerprint density at radius 3 is 2.31 bits per heavy atom. The maximum absolute atomic E-state index is 12.5. The van der Waals surface area contributed by atoms with E-state index in [1.165, 1.54) is 35.6 Å². The predicted octanol–water partition coefficient (Wildman–Crippen LogP) is 4.65. The maximum Gasteiger partial charge on any atom is 0.339 e. The average Bonchev–Trinajstić information content (AvgIpc) is 2.84. The number of carbonyl (C=O) groups is 2. The average molecular weight is 373 g/mol. The van der Waals surface area contributed by atoms with Crippen molar-refractivity contribution in [3.05, 3.63) is 45.8 Å². The molecule has 6 heteroatoms. The summed E-state index contributed by atoms with van der Waals surface area (Å²) >= 11 is 1.36. The van der Waals surface area contributed by atoms with Gasteiger partial charge in [0.2, 0.25) is 0 Å². The zero-order chi connectivity index (χ0) is 19.3. The summed E-state index contributed by atoms with van der Waals surface area (Å²) in [5, 5.41) is 22.3. The van der Waals surface area contributed by atoms with Crippen LogP contribution in [0.1, 0.15) is 65.3 Å². The van der Waals surface area contributed by atoms with Gasteiger partial charge in [-0.15, -0.1) is 11.3 Å². The number of phenolic OH excluding ortho intramolecular Hbond substituents is 1. The molecule has 0 unspecified atom stereocenters. The fourth-order valence-electron chi connectivity index (χ4n) is 4.10. The molecule has 0 fully saturated rings. The summed E-state index contributed by atoms with van der Waals surface area (Å²) in [6.07, 6.45) is 1.64. The van der Waals surface area contributed by atoms with E-state index in [1.807, 2.05) is 0 Å². The minimum Gasteiger partial charge on any atom is -0.508 e. The molecule has 0 spiro atoms. The van der Waals surface area contributed by atoms with Crippen molar-refractivity contribution in [3.63, 3.8) is 0 Å². The molecular formula is C20H23NO4S. The molecule has 1 aliphatic carbocycles. The Morgan fingerprint density at radius 1 is 1.12 bits per heavy atom. The van der Waals surface area contributed by atoms with Crippen LogP contribution in [0, 0.1) is 5.41 Å². The van der Waals surface area contributed by atoms with Gasteiger partial charge in [-0.2, -0.15) is 0 Å². The topological polar surface area (TPSA) is 86.6 Å². The fraction of sp³-hybridized carbons (Fsp3) is 0.400. The predicted molar refractivity (Wildman–Crippen MR) is 102 cm³/mol. The number of nitrogens with one attached hydrogen (secondary N) is 1. The molecule has 1 aliphatic rings. The van der Waals surface area contributed by atoms with Gasteiger partial charge in [-0.25, -0.2) is 4.79 Å². The number of fused-ring (bicyclic) bond motifs is 1. The van der Waals surface area contributed by atoms with Crippen LogP contribution in [0.15, 0.2) is 24.3 Å². The Labute approximate surface area is 156 Å². The second-order valence-electron chi connectivity index (χ2n) is 8.32. The molecule has 3 N–H and O–H groups in total. The largest absolute Gasteiger partial charge is 0.508 e. The van der Waals surface area contributed by atoms with Gasteiger partial charge in [0, 0.05) is 10.4 Å². The SMILES string of the molecule is CC1(C)Cc2c(sc(NC(=O)c3ccc(O)cc3)c2C(=O)O)C(C)(C)C1. The highest BCUT2D eigenvalue weighted by Crippen LogP contribution is 2.52. The first kappa shape index (κ1) is 18.5. The van der Waals surface area contributed by atoms with Crippen LogP contribution in [-0.2, 0) is 11.8 Å². The van der Waals surface area contributed by atoms with Gasteiger partial charge >= 0.3 is 5.97 Å². The van der Waals surface area contributed by atoms with Crippen molar-refractivity contribution in [2.24, 2.45) is 5.41 Å². The van der Waals surface area contributed by atoms with E-state index in [0.29, 0.717) is 17.0 Å². The standard InChI is InChI=1S/C20H23NO4S/c1-19(2)9-13-14(18(24)25)17(26-15(13)20(3,4)10-19)21-16(23)11-5-7-12(22)8-6-11/h5-8,22H,9-10H2,1-4H3,(H,21,23)(H,24,25). The van der Waals surface area contributed by atoms with Crippen molar-refractivity contribution in [2.75, 3.05) is 5.32 Å². The number of aromatic carboxylic acids is 1. The minimum absolute atomic E-state index is 0.00000909. The zero-order valence-electron chi connectivity index (χ0n) is 15.3. The van der Waals surface area contributed by atoms with Crippen LogP contribution in [0.25, 0.3) is 0 Å². The lowest BCUT2D eigenvalue weighted by molar-refractivity contribution is 0.0696. The van der Waals surface area contributed by atoms with Crippen molar-refractivity contribution in [2.45, 2.75) is 46.0 Å². The van der Waals surface area contributed by atoms with Crippen molar-refractivity contribution < 1.29 is 19.8 Å². The number of rotatable bonds is 3. The molecule has 1 aromatic heterocycles. The summed E-state index contributed by atoms with van der Waals surface area (Å²) in [4.78, 5) is 25.5.